The number of aryl methyl sites for hydroxylation is 4. The Labute approximate surface area is 177 Å². The lowest BCUT2D eigenvalue weighted by molar-refractivity contribution is 0.567. The van der Waals surface area contributed by atoms with Crippen LogP contribution in [0.2, 0.25) is 0 Å². The monoisotopic (exact) mass is 490 g/mol. The number of nitrogens with zero attached hydrogens (tertiary/aromatic N) is 4. The van der Waals surface area contributed by atoms with Crippen LogP contribution in [0.25, 0.3) is 0 Å². The van der Waals surface area contributed by atoms with E-state index in [2.05, 4.69) is 57.2 Å². The Balaban J connectivity index is 0.00000338. The van der Waals surface area contributed by atoms with Crippen molar-refractivity contribution in [1.29, 1.82) is 0 Å². The normalized spacial score (nSPS) is 11.3. The molecule has 0 atom stereocenters. The van der Waals surface area contributed by atoms with E-state index in [0.29, 0.717) is 0 Å². The number of aliphatic imine (C=N–C) groups is 1. The molecule has 2 N–H and O–H groups in total. The standard InChI is InChI=1S/C18H30N6S.HI/c1-5-16-13-22-17(25-16)8-10-21-18(19-6-2)20-9-7-11-24-15(4)12-14(3)23-24;/h12-13H,5-11H2,1-4H3,(H2,19,20,21);1H. The summed E-state index contributed by atoms with van der Waals surface area (Å²) in [7, 11) is 0. The minimum atomic E-state index is 0. The molecule has 0 spiro atoms. The number of aromatic nitrogens is 3. The zero-order valence-electron chi connectivity index (χ0n) is 16.2. The van der Waals surface area contributed by atoms with Crippen molar-refractivity contribution in [3.63, 3.8) is 0 Å². The van der Waals surface area contributed by atoms with E-state index in [-0.39, 0.29) is 24.0 Å². The molecule has 2 rings (SSSR count). The first-order valence-corrected chi connectivity index (χ1v) is 9.90. The fourth-order valence-corrected chi connectivity index (χ4v) is 3.43. The summed E-state index contributed by atoms with van der Waals surface area (Å²) in [5.74, 6) is 0.878. The van der Waals surface area contributed by atoms with Crippen LogP contribution >= 0.6 is 35.3 Å². The van der Waals surface area contributed by atoms with Gasteiger partial charge in [-0.1, -0.05) is 6.92 Å². The van der Waals surface area contributed by atoms with Gasteiger partial charge in [0.05, 0.1) is 10.7 Å². The van der Waals surface area contributed by atoms with Gasteiger partial charge < -0.3 is 10.6 Å². The number of nitrogens with one attached hydrogen (secondary N) is 2. The quantitative estimate of drug-likeness (QED) is 0.245. The number of guanidine groups is 1. The van der Waals surface area contributed by atoms with Gasteiger partial charge in [-0.3, -0.25) is 9.67 Å². The summed E-state index contributed by atoms with van der Waals surface area (Å²) < 4.78 is 2.05. The smallest absolute Gasteiger partial charge is 0.191 e. The Morgan fingerprint density at radius 3 is 2.69 bits per heavy atom. The van der Waals surface area contributed by atoms with Crippen molar-refractivity contribution >= 4 is 41.3 Å². The minimum Gasteiger partial charge on any atom is -0.357 e. The third-order valence-electron chi connectivity index (χ3n) is 3.83. The van der Waals surface area contributed by atoms with E-state index >= 15 is 0 Å². The molecule has 0 bridgehead atoms. The molecule has 146 valence electrons. The summed E-state index contributed by atoms with van der Waals surface area (Å²) in [5.41, 5.74) is 2.28. The van der Waals surface area contributed by atoms with E-state index in [1.54, 1.807) is 11.3 Å². The molecule has 0 aliphatic carbocycles. The molecule has 2 aromatic rings. The third-order valence-corrected chi connectivity index (χ3v) is 5.03. The van der Waals surface area contributed by atoms with Crippen LogP contribution in [0, 0.1) is 13.8 Å². The van der Waals surface area contributed by atoms with Crippen LogP contribution in [-0.4, -0.2) is 40.4 Å². The maximum absolute atomic E-state index is 4.65. The van der Waals surface area contributed by atoms with Crippen molar-refractivity contribution in [1.82, 2.24) is 25.4 Å². The van der Waals surface area contributed by atoms with Crippen molar-refractivity contribution in [2.75, 3.05) is 19.6 Å². The lowest BCUT2D eigenvalue weighted by atomic mass is 10.4. The number of thiazole rings is 1. The molecular weight excluding hydrogens is 459 g/mol. The largest absolute Gasteiger partial charge is 0.357 e. The molecule has 0 saturated heterocycles. The summed E-state index contributed by atoms with van der Waals surface area (Å²) in [6, 6.07) is 2.11. The lowest BCUT2D eigenvalue weighted by Crippen LogP contribution is -2.38. The van der Waals surface area contributed by atoms with Gasteiger partial charge in [0.2, 0.25) is 0 Å². The van der Waals surface area contributed by atoms with Gasteiger partial charge in [-0.05, 0) is 39.7 Å². The molecule has 0 aliphatic rings. The summed E-state index contributed by atoms with van der Waals surface area (Å²) in [4.78, 5) is 10.5. The minimum absolute atomic E-state index is 0. The molecule has 0 aliphatic heterocycles. The average molecular weight is 490 g/mol. The maximum Gasteiger partial charge on any atom is 0.191 e. The molecule has 2 heterocycles. The summed E-state index contributed by atoms with van der Waals surface area (Å²) in [5, 5.41) is 12.4. The van der Waals surface area contributed by atoms with Crippen LogP contribution in [0.4, 0.5) is 0 Å². The van der Waals surface area contributed by atoms with Crippen LogP contribution in [0.1, 0.15) is 41.5 Å². The Morgan fingerprint density at radius 1 is 1.27 bits per heavy atom. The first-order chi connectivity index (χ1) is 12.1. The second kappa shape index (κ2) is 12.3. The predicted molar refractivity (Wildman–Crippen MR) is 121 cm³/mol. The summed E-state index contributed by atoms with van der Waals surface area (Å²) in [6.07, 6.45) is 4.95. The van der Waals surface area contributed by atoms with Gasteiger partial charge in [-0.2, -0.15) is 5.10 Å². The van der Waals surface area contributed by atoms with Crippen molar-refractivity contribution in [3.05, 3.63) is 33.5 Å². The predicted octanol–water partition coefficient (Wildman–Crippen LogP) is 3.32. The Morgan fingerprint density at radius 2 is 2.08 bits per heavy atom. The molecule has 0 amide bonds. The Bertz CT molecular complexity index is 679. The van der Waals surface area contributed by atoms with Gasteiger partial charge in [0.1, 0.15) is 0 Å². The molecule has 0 saturated carbocycles. The van der Waals surface area contributed by atoms with E-state index < -0.39 is 0 Å². The van der Waals surface area contributed by atoms with E-state index in [1.165, 1.54) is 15.6 Å². The molecule has 0 unspecified atom stereocenters. The highest BCUT2D eigenvalue weighted by atomic mass is 127. The molecule has 6 nitrogen and oxygen atoms in total. The third kappa shape index (κ3) is 7.61. The van der Waals surface area contributed by atoms with E-state index in [4.69, 9.17) is 0 Å². The molecular formula is C18H31IN6S. The maximum atomic E-state index is 4.65. The summed E-state index contributed by atoms with van der Waals surface area (Å²) in [6.45, 7) is 11.8. The number of rotatable bonds is 9. The highest BCUT2D eigenvalue weighted by Gasteiger charge is 2.03. The summed E-state index contributed by atoms with van der Waals surface area (Å²) >= 11 is 1.80. The Kier molecular flexibility index (Phi) is 10.8. The van der Waals surface area contributed by atoms with Crippen LogP contribution in [0.5, 0.6) is 0 Å². The van der Waals surface area contributed by atoms with Crippen LogP contribution < -0.4 is 10.6 Å². The van der Waals surface area contributed by atoms with E-state index in [0.717, 1.165) is 57.1 Å². The highest BCUT2D eigenvalue weighted by Crippen LogP contribution is 2.13. The van der Waals surface area contributed by atoms with E-state index in [1.807, 2.05) is 13.1 Å². The first-order valence-electron chi connectivity index (χ1n) is 9.09. The SMILES string of the molecule is CCNC(=NCCCn1nc(C)cc1C)NCCc1ncc(CC)s1.I. The second-order valence-corrected chi connectivity index (χ2v) is 7.21. The van der Waals surface area contributed by atoms with Crippen molar-refractivity contribution in [2.24, 2.45) is 4.99 Å². The van der Waals surface area contributed by atoms with Gasteiger partial charge >= 0.3 is 0 Å². The lowest BCUT2D eigenvalue weighted by Gasteiger charge is -2.10. The van der Waals surface area contributed by atoms with Crippen molar-refractivity contribution < 1.29 is 0 Å². The fourth-order valence-electron chi connectivity index (χ4n) is 2.57. The molecule has 0 aromatic carbocycles. The second-order valence-electron chi connectivity index (χ2n) is 6.02. The van der Waals surface area contributed by atoms with Gasteiger partial charge in [0, 0.05) is 49.4 Å². The van der Waals surface area contributed by atoms with Crippen LogP contribution in [0.3, 0.4) is 0 Å². The molecule has 8 heteroatoms. The van der Waals surface area contributed by atoms with Crippen molar-refractivity contribution in [2.45, 2.75) is 53.5 Å². The van der Waals surface area contributed by atoms with Gasteiger partial charge in [0.25, 0.3) is 0 Å². The van der Waals surface area contributed by atoms with Gasteiger partial charge in [-0.25, -0.2) is 4.98 Å². The average Bonchev–Trinajstić information content (AvgIpc) is 3.17. The number of halogens is 1. The molecule has 2 aromatic heterocycles. The molecule has 0 fully saturated rings. The fraction of sp³-hybridized carbons (Fsp3) is 0.611. The van der Waals surface area contributed by atoms with Gasteiger partial charge in [0.15, 0.2) is 5.96 Å². The molecule has 26 heavy (non-hydrogen) atoms. The van der Waals surface area contributed by atoms with Crippen molar-refractivity contribution in [3.8, 4) is 0 Å². The molecule has 0 radical (unpaired) electrons. The van der Waals surface area contributed by atoms with Crippen LogP contribution in [0.15, 0.2) is 17.3 Å². The zero-order valence-corrected chi connectivity index (χ0v) is 19.4. The van der Waals surface area contributed by atoms with Crippen LogP contribution in [-0.2, 0) is 19.4 Å². The number of hydrogen-bond acceptors (Lipinski definition) is 4. The topological polar surface area (TPSA) is 67.1 Å². The van der Waals surface area contributed by atoms with Gasteiger partial charge in [-0.15, -0.1) is 35.3 Å². The highest BCUT2D eigenvalue weighted by molar-refractivity contribution is 14.0. The Hall–Kier alpha value is -1.16. The number of hydrogen-bond donors (Lipinski definition) is 2. The van der Waals surface area contributed by atoms with E-state index in [9.17, 15) is 0 Å². The zero-order chi connectivity index (χ0) is 18.1. The first kappa shape index (κ1) is 22.9.